The second-order valence-corrected chi connectivity index (χ2v) is 10.9. The van der Waals surface area contributed by atoms with Gasteiger partial charge in [0, 0.05) is 0 Å². The molecule has 0 spiro atoms. The van der Waals surface area contributed by atoms with E-state index in [0.717, 1.165) is 22.3 Å². The van der Waals surface area contributed by atoms with Gasteiger partial charge in [0.1, 0.15) is 0 Å². The maximum Gasteiger partial charge on any atom is 0.206 e. The fourth-order valence-electron chi connectivity index (χ4n) is 2.84. The Hall–Kier alpha value is -2.44. The van der Waals surface area contributed by atoms with Crippen LogP contribution in [0.3, 0.4) is 0 Å². The SMILES string of the molecule is Cc1ccc(S(=O)(=O)c2cccc(S(=O)(=O)c3ccc(C)c(C)c3)c2)cc1C. The third kappa shape index (κ3) is 3.62. The molecular weight excluding hydrogens is 392 g/mol. The van der Waals surface area contributed by atoms with E-state index in [1.54, 1.807) is 36.4 Å². The van der Waals surface area contributed by atoms with Crippen LogP contribution in [0.1, 0.15) is 22.3 Å². The van der Waals surface area contributed by atoms with Crippen molar-refractivity contribution < 1.29 is 16.8 Å². The van der Waals surface area contributed by atoms with Gasteiger partial charge < -0.3 is 0 Å². The first-order valence-corrected chi connectivity index (χ1v) is 11.7. The van der Waals surface area contributed by atoms with Crippen molar-refractivity contribution in [3.8, 4) is 0 Å². The maximum absolute atomic E-state index is 13.0. The minimum atomic E-state index is -3.82. The van der Waals surface area contributed by atoms with Gasteiger partial charge in [-0.05, 0) is 92.4 Å². The minimum absolute atomic E-state index is 0.0411. The molecule has 0 saturated heterocycles. The Morgan fingerprint density at radius 2 is 0.821 bits per heavy atom. The lowest BCUT2D eigenvalue weighted by atomic mass is 10.1. The van der Waals surface area contributed by atoms with Crippen molar-refractivity contribution in [3.05, 3.63) is 82.9 Å². The Bertz CT molecular complexity index is 1170. The summed E-state index contributed by atoms with van der Waals surface area (Å²) in [4.78, 5) is 0.217. The van der Waals surface area contributed by atoms with E-state index >= 15 is 0 Å². The monoisotopic (exact) mass is 414 g/mol. The first-order valence-electron chi connectivity index (χ1n) is 8.78. The van der Waals surface area contributed by atoms with Crippen LogP contribution in [0.25, 0.3) is 0 Å². The molecule has 0 fully saturated rings. The first kappa shape index (κ1) is 20.3. The van der Waals surface area contributed by atoms with E-state index in [-0.39, 0.29) is 19.6 Å². The molecule has 6 heteroatoms. The molecule has 0 unspecified atom stereocenters. The largest absolute Gasteiger partial charge is 0.219 e. The molecule has 3 rings (SSSR count). The van der Waals surface area contributed by atoms with Crippen molar-refractivity contribution in [1.29, 1.82) is 0 Å². The molecule has 3 aromatic carbocycles. The lowest BCUT2D eigenvalue weighted by Gasteiger charge is -2.10. The van der Waals surface area contributed by atoms with Crippen LogP contribution in [0, 0.1) is 27.7 Å². The van der Waals surface area contributed by atoms with Crippen molar-refractivity contribution in [3.63, 3.8) is 0 Å². The van der Waals surface area contributed by atoms with Gasteiger partial charge in [-0.15, -0.1) is 0 Å². The fraction of sp³-hybridized carbons (Fsp3) is 0.182. The molecule has 4 nitrogen and oxygen atoms in total. The van der Waals surface area contributed by atoms with Crippen molar-refractivity contribution in [1.82, 2.24) is 0 Å². The van der Waals surface area contributed by atoms with Crippen molar-refractivity contribution in [2.75, 3.05) is 0 Å². The van der Waals surface area contributed by atoms with Gasteiger partial charge in [0.05, 0.1) is 19.6 Å². The highest BCUT2D eigenvalue weighted by Crippen LogP contribution is 2.28. The molecule has 0 radical (unpaired) electrons. The second kappa shape index (κ2) is 7.18. The van der Waals surface area contributed by atoms with E-state index in [0.29, 0.717) is 0 Å². The minimum Gasteiger partial charge on any atom is -0.219 e. The molecule has 0 aliphatic rings. The maximum atomic E-state index is 13.0. The highest BCUT2D eigenvalue weighted by molar-refractivity contribution is 7.92. The zero-order chi connectivity index (χ0) is 20.7. The summed E-state index contributed by atoms with van der Waals surface area (Å²) in [7, 11) is -7.65. The molecule has 0 bridgehead atoms. The van der Waals surface area contributed by atoms with Gasteiger partial charge >= 0.3 is 0 Å². The van der Waals surface area contributed by atoms with Crippen LogP contribution >= 0.6 is 0 Å². The number of hydrogen-bond donors (Lipinski definition) is 0. The molecule has 146 valence electrons. The molecule has 0 amide bonds. The van der Waals surface area contributed by atoms with E-state index in [1.165, 1.54) is 24.3 Å². The van der Waals surface area contributed by atoms with Gasteiger partial charge in [-0.3, -0.25) is 0 Å². The molecule has 0 aromatic heterocycles. The molecule has 0 saturated carbocycles. The number of rotatable bonds is 4. The third-order valence-electron chi connectivity index (χ3n) is 5.00. The Morgan fingerprint density at radius 1 is 0.464 bits per heavy atom. The predicted molar refractivity (Wildman–Crippen MR) is 109 cm³/mol. The van der Waals surface area contributed by atoms with Crippen molar-refractivity contribution in [2.24, 2.45) is 0 Å². The van der Waals surface area contributed by atoms with Crippen LogP contribution < -0.4 is 0 Å². The third-order valence-corrected chi connectivity index (χ3v) is 8.50. The number of aryl methyl sites for hydroxylation is 4. The molecule has 0 aliphatic heterocycles. The highest BCUT2D eigenvalue weighted by Gasteiger charge is 2.23. The van der Waals surface area contributed by atoms with Gasteiger partial charge in [-0.2, -0.15) is 0 Å². The first-order chi connectivity index (χ1) is 13.0. The smallest absolute Gasteiger partial charge is 0.206 e. The van der Waals surface area contributed by atoms with Crippen LogP contribution in [0.2, 0.25) is 0 Å². The second-order valence-electron chi connectivity index (χ2n) is 6.97. The Balaban J connectivity index is 2.11. The van der Waals surface area contributed by atoms with Crippen LogP contribution in [0.15, 0.2) is 80.2 Å². The van der Waals surface area contributed by atoms with Crippen LogP contribution in [0.4, 0.5) is 0 Å². The van der Waals surface area contributed by atoms with Crippen LogP contribution in [-0.4, -0.2) is 16.8 Å². The zero-order valence-electron chi connectivity index (χ0n) is 16.2. The molecule has 0 aliphatic carbocycles. The average Bonchev–Trinajstić information content (AvgIpc) is 2.66. The van der Waals surface area contributed by atoms with Crippen molar-refractivity contribution in [2.45, 2.75) is 47.3 Å². The number of sulfone groups is 2. The Kier molecular flexibility index (Phi) is 5.21. The summed E-state index contributed by atoms with van der Waals surface area (Å²) >= 11 is 0. The van der Waals surface area contributed by atoms with Crippen molar-refractivity contribution >= 4 is 19.7 Å². The summed E-state index contributed by atoms with van der Waals surface area (Å²) in [5.74, 6) is 0. The lowest BCUT2D eigenvalue weighted by molar-refractivity contribution is 0.594. The van der Waals surface area contributed by atoms with Gasteiger partial charge in [0.2, 0.25) is 19.7 Å². The standard InChI is InChI=1S/C22H22O4S2/c1-15-8-10-21(12-17(15)3)27(23,24)19-6-5-7-20(14-19)28(25,26)22-11-9-16(2)18(4)13-22/h5-14H,1-4H3. The Morgan fingerprint density at radius 3 is 1.18 bits per heavy atom. The van der Waals surface area contributed by atoms with E-state index in [4.69, 9.17) is 0 Å². The molecule has 3 aromatic rings. The van der Waals surface area contributed by atoms with E-state index in [2.05, 4.69) is 0 Å². The highest BCUT2D eigenvalue weighted by atomic mass is 32.2. The predicted octanol–water partition coefficient (Wildman–Crippen LogP) is 4.59. The summed E-state index contributed by atoms with van der Waals surface area (Å²) in [6.45, 7) is 7.49. The van der Waals surface area contributed by atoms with Gasteiger partial charge in [0.15, 0.2) is 0 Å². The lowest BCUT2D eigenvalue weighted by Crippen LogP contribution is -2.07. The zero-order valence-corrected chi connectivity index (χ0v) is 17.9. The van der Waals surface area contributed by atoms with Crippen LogP contribution in [-0.2, 0) is 19.7 Å². The molecule has 0 heterocycles. The van der Waals surface area contributed by atoms with E-state index < -0.39 is 19.7 Å². The fourth-order valence-corrected chi connectivity index (χ4v) is 5.70. The van der Waals surface area contributed by atoms with E-state index in [9.17, 15) is 16.8 Å². The Labute approximate surface area is 166 Å². The number of benzene rings is 3. The molecular formula is C22H22O4S2. The summed E-state index contributed by atoms with van der Waals surface area (Å²) in [5, 5.41) is 0. The summed E-state index contributed by atoms with van der Waals surface area (Å²) in [5.41, 5.74) is 3.70. The van der Waals surface area contributed by atoms with Crippen LogP contribution in [0.5, 0.6) is 0 Å². The molecule has 28 heavy (non-hydrogen) atoms. The van der Waals surface area contributed by atoms with Gasteiger partial charge in [0.25, 0.3) is 0 Å². The number of hydrogen-bond acceptors (Lipinski definition) is 4. The van der Waals surface area contributed by atoms with Gasteiger partial charge in [-0.1, -0.05) is 18.2 Å². The summed E-state index contributed by atoms with van der Waals surface area (Å²) in [6.07, 6.45) is 0. The summed E-state index contributed by atoms with van der Waals surface area (Å²) in [6, 6.07) is 15.3. The molecule has 0 atom stereocenters. The molecule has 0 N–H and O–H groups in total. The van der Waals surface area contributed by atoms with E-state index in [1.807, 2.05) is 27.7 Å². The quantitative estimate of drug-likeness (QED) is 0.626. The topological polar surface area (TPSA) is 68.3 Å². The summed E-state index contributed by atoms with van der Waals surface area (Å²) < 4.78 is 52.1. The normalized spacial score (nSPS) is 12.1. The van der Waals surface area contributed by atoms with Gasteiger partial charge in [-0.25, -0.2) is 16.8 Å². The average molecular weight is 415 g/mol.